The van der Waals surface area contributed by atoms with Crippen molar-refractivity contribution in [2.75, 3.05) is 39.5 Å². The van der Waals surface area contributed by atoms with Crippen LogP contribution in [0.4, 0.5) is 0 Å². The molecule has 3 fully saturated rings. The zero-order valence-corrected chi connectivity index (χ0v) is 18.2. The molecule has 1 unspecified atom stereocenters. The third-order valence-corrected chi connectivity index (χ3v) is 6.87. The van der Waals surface area contributed by atoms with E-state index >= 15 is 0 Å². The number of nitrogens with one attached hydrogen (secondary N) is 1. The van der Waals surface area contributed by atoms with Crippen LogP contribution in [0.1, 0.15) is 51.0 Å². The van der Waals surface area contributed by atoms with Crippen LogP contribution in [0.2, 0.25) is 0 Å². The smallest absolute Gasteiger partial charge is 0.223 e. The summed E-state index contributed by atoms with van der Waals surface area (Å²) in [6, 6.07) is 8.35. The molecule has 3 heterocycles. The van der Waals surface area contributed by atoms with Crippen LogP contribution in [0.25, 0.3) is 0 Å². The van der Waals surface area contributed by atoms with Crippen LogP contribution in [0.15, 0.2) is 24.3 Å². The van der Waals surface area contributed by atoms with Crippen molar-refractivity contribution in [1.82, 2.24) is 10.2 Å². The van der Waals surface area contributed by atoms with Gasteiger partial charge in [-0.1, -0.05) is 18.2 Å². The van der Waals surface area contributed by atoms with Gasteiger partial charge in [-0.25, -0.2) is 0 Å². The van der Waals surface area contributed by atoms with Crippen LogP contribution in [0.3, 0.4) is 0 Å². The summed E-state index contributed by atoms with van der Waals surface area (Å²) >= 11 is 0. The molecule has 30 heavy (non-hydrogen) atoms. The van der Waals surface area contributed by atoms with Crippen molar-refractivity contribution in [3.05, 3.63) is 29.8 Å². The van der Waals surface area contributed by atoms with E-state index in [4.69, 9.17) is 14.2 Å². The molecule has 6 heteroatoms. The molecule has 1 N–H and O–H groups in total. The molecule has 0 saturated carbocycles. The van der Waals surface area contributed by atoms with E-state index < -0.39 is 0 Å². The average molecular weight is 417 g/mol. The molecule has 0 aromatic heterocycles. The predicted molar refractivity (Wildman–Crippen MR) is 116 cm³/mol. The molecule has 1 aromatic rings. The Kier molecular flexibility index (Phi) is 7.28. The molecule has 3 aliphatic rings. The van der Waals surface area contributed by atoms with Crippen molar-refractivity contribution in [3.8, 4) is 5.75 Å². The molecule has 3 saturated heterocycles. The number of amides is 1. The summed E-state index contributed by atoms with van der Waals surface area (Å²) in [4.78, 5) is 14.9. The van der Waals surface area contributed by atoms with Crippen LogP contribution >= 0.6 is 0 Å². The number of carbonyl (C=O) groups excluding carboxylic acids is 1. The van der Waals surface area contributed by atoms with E-state index in [1.165, 1.54) is 5.56 Å². The Labute approximate surface area is 180 Å². The fourth-order valence-electron chi connectivity index (χ4n) is 5.02. The van der Waals surface area contributed by atoms with Crippen LogP contribution in [0, 0.1) is 5.92 Å². The van der Waals surface area contributed by atoms with Gasteiger partial charge in [-0.2, -0.15) is 0 Å². The second-order valence-electron chi connectivity index (χ2n) is 8.91. The summed E-state index contributed by atoms with van der Waals surface area (Å²) in [5.41, 5.74) is 1.26. The van der Waals surface area contributed by atoms with Gasteiger partial charge in [-0.05, 0) is 51.5 Å². The Balaban J connectivity index is 1.22. The second kappa shape index (κ2) is 10.1. The maximum atomic E-state index is 12.4. The van der Waals surface area contributed by atoms with Crippen LogP contribution < -0.4 is 10.1 Å². The summed E-state index contributed by atoms with van der Waals surface area (Å²) < 4.78 is 17.6. The quantitative estimate of drug-likeness (QED) is 0.740. The maximum absolute atomic E-state index is 12.4. The highest BCUT2D eigenvalue weighted by atomic mass is 16.5. The largest absolute Gasteiger partial charge is 0.494 e. The van der Waals surface area contributed by atoms with Crippen LogP contribution in [-0.4, -0.2) is 62.0 Å². The fraction of sp³-hybridized carbons (Fsp3) is 0.708. The zero-order chi connectivity index (χ0) is 20.8. The Morgan fingerprint density at radius 3 is 2.70 bits per heavy atom. The lowest BCUT2D eigenvalue weighted by atomic mass is 9.88. The van der Waals surface area contributed by atoms with Crippen molar-refractivity contribution in [1.29, 1.82) is 0 Å². The topological polar surface area (TPSA) is 60.0 Å². The first-order chi connectivity index (χ1) is 14.7. The molecule has 6 nitrogen and oxygen atoms in total. The molecule has 1 spiro atoms. The molecule has 1 amide bonds. The standard InChI is InChI=1S/C24H36N2O4/c1-2-29-22-6-4-3-5-20(22)18-26-13-11-24(12-14-26)10-7-21(30-24)17-25-23(27)19-8-15-28-16-9-19/h3-6,19,21H,2,7-18H2,1H3,(H,25,27). The van der Waals surface area contributed by atoms with Crippen LogP contribution in [0.5, 0.6) is 5.75 Å². The number of hydrogen-bond donors (Lipinski definition) is 1. The number of hydrogen-bond acceptors (Lipinski definition) is 5. The molecular formula is C24H36N2O4. The first-order valence-corrected chi connectivity index (χ1v) is 11.6. The minimum Gasteiger partial charge on any atom is -0.494 e. The van der Waals surface area contributed by atoms with E-state index in [-0.39, 0.29) is 23.5 Å². The third-order valence-electron chi connectivity index (χ3n) is 6.87. The number of nitrogens with zero attached hydrogens (tertiary/aromatic N) is 1. The van der Waals surface area contributed by atoms with Crippen molar-refractivity contribution >= 4 is 5.91 Å². The van der Waals surface area contributed by atoms with Gasteiger partial charge >= 0.3 is 0 Å². The fourth-order valence-corrected chi connectivity index (χ4v) is 5.02. The highest BCUT2D eigenvalue weighted by Gasteiger charge is 2.42. The molecule has 0 bridgehead atoms. The second-order valence-corrected chi connectivity index (χ2v) is 8.91. The lowest BCUT2D eigenvalue weighted by Gasteiger charge is -2.39. The Bertz CT molecular complexity index is 696. The number of para-hydroxylation sites is 1. The Hall–Kier alpha value is -1.63. The SMILES string of the molecule is CCOc1ccccc1CN1CCC2(CCC(CNC(=O)C3CCOCC3)O2)CC1. The van der Waals surface area contributed by atoms with Crippen molar-refractivity contribution in [2.45, 2.75) is 63.7 Å². The van der Waals surface area contributed by atoms with Gasteiger partial charge in [-0.15, -0.1) is 0 Å². The summed E-state index contributed by atoms with van der Waals surface area (Å²) in [6.45, 7) is 7.78. The Morgan fingerprint density at radius 1 is 1.17 bits per heavy atom. The monoisotopic (exact) mass is 416 g/mol. The van der Waals surface area contributed by atoms with Gasteiger partial charge in [0.1, 0.15) is 5.75 Å². The first kappa shape index (κ1) is 21.6. The summed E-state index contributed by atoms with van der Waals surface area (Å²) in [5, 5.41) is 3.13. The van der Waals surface area contributed by atoms with Crippen molar-refractivity contribution < 1.29 is 19.0 Å². The minimum absolute atomic E-state index is 0.00398. The number of piperidine rings is 1. The van der Waals surface area contributed by atoms with Crippen LogP contribution in [-0.2, 0) is 20.8 Å². The lowest BCUT2D eigenvalue weighted by Crippen LogP contribution is -2.45. The Morgan fingerprint density at radius 2 is 1.93 bits per heavy atom. The van der Waals surface area contributed by atoms with Gasteiger partial charge in [-0.3, -0.25) is 9.69 Å². The summed E-state index contributed by atoms with van der Waals surface area (Å²) in [6.07, 6.45) is 6.10. The number of benzene rings is 1. The van der Waals surface area contributed by atoms with Gasteiger partial charge < -0.3 is 19.5 Å². The third kappa shape index (κ3) is 5.34. The normalized spacial score (nSPS) is 24.8. The minimum atomic E-state index is 0.00398. The van der Waals surface area contributed by atoms with Gasteiger partial charge in [0.15, 0.2) is 0 Å². The van der Waals surface area contributed by atoms with Gasteiger partial charge in [0, 0.05) is 50.9 Å². The van der Waals surface area contributed by atoms with Gasteiger partial charge in [0.2, 0.25) is 5.91 Å². The van der Waals surface area contributed by atoms with Gasteiger partial charge in [0.05, 0.1) is 18.3 Å². The predicted octanol–water partition coefficient (Wildman–Crippen LogP) is 3.14. The summed E-state index contributed by atoms with van der Waals surface area (Å²) in [5.74, 6) is 1.28. The number of carbonyl (C=O) groups is 1. The molecular weight excluding hydrogens is 380 g/mol. The molecule has 0 radical (unpaired) electrons. The summed E-state index contributed by atoms with van der Waals surface area (Å²) in [7, 11) is 0. The lowest BCUT2D eigenvalue weighted by molar-refractivity contribution is -0.129. The first-order valence-electron chi connectivity index (χ1n) is 11.6. The van der Waals surface area contributed by atoms with E-state index in [1.54, 1.807) is 0 Å². The molecule has 0 aliphatic carbocycles. The number of ether oxygens (including phenoxy) is 3. The molecule has 166 valence electrons. The van der Waals surface area contributed by atoms with E-state index in [1.807, 2.05) is 13.0 Å². The molecule has 3 aliphatic heterocycles. The highest BCUT2D eigenvalue weighted by molar-refractivity contribution is 5.78. The van der Waals surface area contributed by atoms with Gasteiger partial charge in [0.25, 0.3) is 0 Å². The molecule has 1 aromatic carbocycles. The molecule has 1 atom stereocenters. The van der Waals surface area contributed by atoms with Crippen molar-refractivity contribution in [2.24, 2.45) is 5.92 Å². The average Bonchev–Trinajstić information content (AvgIpc) is 3.18. The van der Waals surface area contributed by atoms with E-state index in [0.29, 0.717) is 26.4 Å². The number of rotatable bonds is 7. The van der Waals surface area contributed by atoms with E-state index in [9.17, 15) is 4.79 Å². The maximum Gasteiger partial charge on any atom is 0.223 e. The highest BCUT2D eigenvalue weighted by Crippen LogP contribution is 2.39. The van der Waals surface area contributed by atoms with E-state index in [2.05, 4.69) is 28.4 Å². The van der Waals surface area contributed by atoms with E-state index in [0.717, 1.165) is 63.9 Å². The number of likely N-dealkylation sites (tertiary alicyclic amines) is 1. The molecule has 4 rings (SSSR count). The van der Waals surface area contributed by atoms with Crippen molar-refractivity contribution in [3.63, 3.8) is 0 Å². The zero-order valence-electron chi connectivity index (χ0n) is 18.2.